The fourth-order valence-electron chi connectivity index (χ4n) is 3.16. The van der Waals surface area contributed by atoms with E-state index >= 15 is 0 Å². The van der Waals surface area contributed by atoms with Crippen LogP contribution in [0.3, 0.4) is 0 Å². The highest BCUT2D eigenvalue weighted by atomic mass is 32.1. The molecular formula is C15H22N2OS. The van der Waals surface area contributed by atoms with Gasteiger partial charge in [-0.3, -0.25) is 9.69 Å². The molecule has 0 saturated carbocycles. The molecule has 0 unspecified atom stereocenters. The number of carbonyl (C=O) groups excluding carboxylic acids is 1. The number of carbonyl (C=O) groups is 1. The summed E-state index contributed by atoms with van der Waals surface area (Å²) in [6.07, 6.45) is 4.78. The summed E-state index contributed by atoms with van der Waals surface area (Å²) < 4.78 is 0. The van der Waals surface area contributed by atoms with E-state index < -0.39 is 0 Å². The van der Waals surface area contributed by atoms with Crippen LogP contribution in [0, 0.1) is 0 Å². The van der Waals surface area contributed by atoms with E-state index in [1.165, 1.54) is 30.6 Å². The van der Waals surface area contributed by atoms with Crippen LogP contribution in [-0.4, -0.2) is 48.4 Å². The number of piperidine rings is 1. The van der Waals surface area contributed by atoms with E-state index in [1.54, 1.807) is 0 Å². The van der Waals surface area contributed by atoms with Crippen molar-refractivity contribution in [3.05, 3.63) is 22.4 Å². The molecule has 1 aromatic rings. The second-order valence-electron chi connectivity index (χ2n) is 5.65. The Balaban J connectivity index is 1.46. The zero-order chi connectivity index (χ0) is 13.1. The molecule has 0 spiro atoms. The summed E-state index contributed by atoms with van der Waals surface area (Å²) >= 11 is 1.87. The SMILES string of the molecule is O=C(CN1CCC(c2cccs2)CC1)N1CCCC1. The normalized spacial score (nSPS) is 22.0. The summed E-state index contributed by atoms with van der Waals surface area (Å²) in [7, 11) is 0. The summed E-state index contributed by atoms with van der Waals surface area (Å²) in [5.41, 5.74) is 0. The van der Waals surface area contributed by atoms with Crippen molar-refractivity contribution in [3.63, 3.8) is 0 Å². The number of thiophene rings is 1. The number of hydrogen-bond acceptors (Lipinski definition) is 3. The van der Waals surface area contributed by atoms with Gasteiger partial charge in [-0.25, -0.2) is 0 Å². The van der Waals surface area contributed by atoms with Gasteiger partial charge < -0.3 is 4.90 Å². The first-order valence-corrected chi connectivity index (χ1v) is 8.24. The van der Waals surface area contributed by atoms with Gasteiger partial charge in [0.2, 0.25) is 5.91 Å². The minimum Gasteiger partial charge on any atom is -0.342 e. The van der Waals surface area contributed by atoms with Crippen molar-refractivity contribution in [1.82, 2.24) is 9.80 Å². The lowest BCUT2D eigenvalue weighted by molar-refractivity contribution is -0.131. The van der Waals surface area contributed by atoms with Crippen LogP contribution >= 0.6 is 11.3 Å². The van der Waals surface area contributed by atoms with E-state index in [-0.39, 0.29) is 0 Å². The van der Waals surface area contributed by atoms with E-state index in [2.05, 4.69) is 22.4 Å². The third-order valence-electron chi connectivity index (χ3n) is 4.35. The van der Waals surface area contributed by atoms with Gasteiger partial charge in [0.15, 0.2) is 0 Å². The molecule has 0 atom stereocenters. The number of nitrogens with zero attached hydrogens (tertiary/aromatic N) is 2. The molecule has 2 aliphatic rings. The lowest BCUT2D eigenvalue weighted by Crippen LogP contribution is -2.42. The fourth-order valence-corrected chi connectivity index (χ4v) is 4.06. The van der Waals surface area contributed by atoms with E-state index in [4.69, 9.17) is 0 Å². The van der Waals surface area contributed by atoms with Crippen molar-refractivity contribution in [2.24, 2.45) is 0 Å². The minimum atomic E-state index is 0.340. The van der Waals surface area contributed by atoms with Crippen molar-refractivity contribution >= 4 is 17.2 Å². The highest BCUT2D eigenvalue weighted by Gasteiger charge is 2.25. The summed E-state index contributed by atoms with van der Waals surface area (Å²) in [5.74, 6) is 1.06. The second kappa shape index (κ2) is 6.06. The van der Waals surface area contributed by atoms with Crippen molar-refractivity contribution in [2.45, 2.75) is 31.6 Å². The van der Waals surface area contributed by atoms with Crippen LogP contribution in [0.5, 0.6) is 0 Å². The molecule has 2 aliphatic heterocycles. The van der Waals surface area contributed by atoms with E-state index in [0.717, 1.165) is 32.1 Å². The molecule has 0 radical (unpaired) electrons. The van der Waals surface area contributed by atoms with Gasteiger partial charge in [0.1, 0.15) is 0 Å². The molecule has 3 rings (SSSR count). The molecule has 0 aliphatic carbocycles. The highest BCUT2D eigenvalue weighted by Crippen LogP contribution is 2.30. The van der Waals surface area contributed by atoms with Gasteiger partial charge in [0, 0.05) is 18.0 Å². The molecule has 3 nitrogen and oxygen atoms in total. The Bertz CT molecular complexity index is 404. The van der Waals surface area contributed by atoms with Crippen LogP contribution < -0.4 is 0 Å². The van der Waals surface area contributed by atoms with Crippen molar-refractivity contribution in [2.75, 3.05) is 32.7 Å². The lowest BCUT2D eigenvalue weighted by atomic mass is 9.95. The van der Waals surface area contributed by atoms with Crippen LogP contribution in [0.1, 0.15) is 36.5 Å². The minimum absolute atomic E-state index is 0.340. The molecule has 3 heterocycles. The first kappa shape index (κ1) is 13.1. The van der Waals surface area contributed by atoms with Crippen LogP contribution in [-0.2, 0) is 4.79 Å². The largest absolute Gasteiger partial charge is 0.342 e. The van der Waals surface area contributed by atoms with Gasteiger partial charge in [-0.05, 0) is 56.1 Å². The maximum absolute atomic E-state index is 12.1. The summed E-state index contributed by atoms with van der Waals surface area (Å²) in [6.45, 7) is 4.73. The predicted octanol–water partition coefficient (Wildman–Crippen LogP) is 2.55. The molecular weight excluding hydrogens is 256 g/mol. The Hall–Kier alpha value is -0.870. The van der Waals surface area contributed by atoms with Crippen LogP contribution in [0.15, 0.2) is 17.5 Å². The summed E-state index contributed by atoms with van der Waals surface area (Å²) in [5, 5.41) is 2.17. The van der Waals surface area contributed by atoms with Crippen molar-refractivity contribution < 1.29 is 4.79 Å². The number of likely N-dealkylation sites (tertiary alicyclic amines) is 2. The van der Waals surface area contributed by atoms with Gasteiger partial charge in [-0.15, -0.1) is 11.3 Å². The Kier molecular flexibility index (Phi) is 4.18. The number of hydrogen-bond donors (Lipinski definition) is 0. The molecule has 0 aromatic carbocycles. The molecule has 0 N–H and O–H groups in total. The molecule has 19 heavy (non-hydrogen) atoms. The average molecular weight is 278 g/mol. The summed E-state index contributed by atoms with van der Waals surface area (Å²) in [4.78, 5) is 18.0. The van der Waals surface area contributed by atoms with Crippen LogP contribution in [0.2, 0.25) is 0 Å². The standard InChI is InChI=1S/C15H22N2OS/c18-15(17-7-1-2-8-17)12-16-9-5-13(6-10-16)14-4-3-11-19-14/h3-4,11,13H,1-2,5-10,12H2. The Labute approximate surface area is 119 Å². The van der Waals surface area contributed by atoms with Gasteiger partial charge in [0.05, 0.1) is 6.54 Å². The molecule has 0 bridgehead atoms. The molecule has 1 amide bonds. The first-order chi connectivity index (χ1) is 9.33. The van der Waals surface area contributed by atoms with Crippen LogP contribution in [0.25, 0.3) is 0 Å². The Morgan fingerprint density at radius 3 is 2.58 bits per heavy atom. The average Bonchev–Trinajstić information content (AvgIpc) is 3.13. The molecule has 2 saturated heterocycles. The van der Waals surface area contributed by atoms with Crippen molar-refractivity contribution in [1.29, 1.82) is 0 Å². The Morgan fingerprint density at radius 2 is 1.95 bits per heavy atom. The highest BCUT2D eigenvalue weighted by molar-refractivity contribution is 7.10. The third kappa shape index (κ3) is 3.18. The van der Waals surface area contributed by atoms with Gasteiger partial charge >= 0.3 is 0 Å². The molecule has 104 valence electrons. The quantitative estimate of drug-likeness (QED) is 0.848. The monoisotopic (exact) mass is 278 g/mol. The molecule has 1 aromatic heterocycles. The van der Waals surface area contributed by atoms with Gasteiger partial charge in [-0.1, -0.05) is 6.07 Å². The zero-order valence-electron chi connectivity index (χ0n) is 11.4. The van der Waals surface area contributed by atoms with E-state index in [0.29, 0.717) is 12.5 Å². The summed E-state index contributed by atoms with van der Waals surface area (Å²) in [6, 6.07) is 4.39. The van der Waals surface area contributed by atoms with Crippen molar-refractivity contribution in [3.8, 4) is 0 Å². The second-order valence-corrected chi connectivity index (χ2v) is 6.63. The third-order valence-corrected chi connectivity index (χ3v) is 5.39. The maximum Gasteiger partial charge on any atom is 0.236 e. The Morgan fingerprint density at radius 1 is 1.21 bits per heavy atom. The topological polar surface area (TPSA) is 23.6 Å². The fraction of sp³-hybridized carbons (Fsp3) is 0.667. The maximum atomic E-state index is 12.1. The molecule has 2 fully saturated rings. The van der Waals surface area contributed by atoms with Gasteiger partial charge in [0.25, 0.3) is 0 Å². The molecule has 4 heteroatoms. The number of rotatable bonds is 3. The predicted molar refractivity (Wildman–Crippen MR) is 78.5 cm³/mol. The smallest absolute Gasteiger partial charge is 0.236 e. The van der Waals surface area contributed by atoms with E-state index in [9.17, 15) is 4.79 Å². The van der Waals surface area contributed by atoms with Gasteiger partial charge in [-0.2, -0.15) is 0 Å². The first-order valence-electron chi connectivity index (χ1n) is 7.36. The van der Waals surface area contributed by atoms with E-state index in [1.807, 2.05) is 16.2 Å². The van der Waals surface area contributed by atoms with Crippen LogP contribution in [0.4, 0.5) is 0 Å². The number of amides is 1. The lowest BCUT2D eigenvalue weighted by Gasteiger charge is -2.32. The zero-order valence-corrected chi connectivity index (χ0v) is 12.2.